The maximum absolute atomic E-state index is 12.4. The molecule has 2 amide bonds. The minimum Gasteiger partial charge on any atom is -0.352 e. The predicted molar refractivity (Wildman–Crippen MR) is 88.9 cm³/mol. The summed E-state index contributed by atoms with van der Waals surface area (Å²) in [4.78, 5) is 24.2. The molecule has 1 unspecified atom stereocenters. The molecule has 1 spiro atoms. The van der Waals surface area contributed by atoms with Gasteiger partial charge in [-0.15, -0.1) is 0 Å². The monoisotopic (exact) mass is 315 g/mol. The van der Waals surface area contributed by atoms with Crippen LogP contribution in [0.2, 0.25) is 0 Å². The number of carbonyl (C=O) groups excluding carboxylic acids is 2. The van der Waals surface area contributed by atoms with Gasteiger partial charge < -0.3 is 16.0 Å². The molecule has 0 radical (unpaired) electrons. The summed E-state index contributed by atoms with van der Waals surface area (Å²) in [6, 6.07) is 7.44. The Balaban J connectivity index is 1.53. The Morgan fingerprint density at radius 1 is 1.26 bits per heavy atom. The first-order valence-corrected chi connectivity index (χ1v) is 8.50. The summed E-state index contributed by atoms with van der Waals surface area (Å²) in [5.74, 6) is 0.267. The Kier molecular flexibility index (Phi) is 4.66. The summed E-state index contributed by atoms with van der Waals surface area (Å²) in [7, 11) is 0. The number of hydrogen-bond donors (Lipinski definition) is 3. The molecule has 23 heavy (non-hydrogen) atoms. The van der Waals surface area contributed by atoms with E-state index in [1.165, 1.54) is 0 Å². The fourth-order valence-corrected chi connectivity index (χ4v) is 3.59. The van der Waals surface area contributed by atoms with Crippen molar-refractivity contribution in [2.75, 3.05) is 19.6 Å². The van der Waals surface area contributed by atoms with Crippen molar-refractivity contribution in [1.29, 1.82) is 0 Å². The highest BCUT2D eigenvalue weighted by Gasteiger charge is 2.57. The number of piperidine rings is 1. The zero-order valence-corrected chi connectivity index (χ0v) is 13.7. The normalized spacial score (nSPS) is 21.7. The third-order valence-corrected chi connectivity index (χ3v) is 5.10. The van der Waals surface area contributed by atoms with Gasteiger partial charge in [-0.1, -0.05) is 12.1 Å². The minimum absolute atomic E-state index is 0.0727. The van der Waals surface area contributed by atoms with Gasteiger partial charge in [0.2, 0.25) is 5.91 Å². The van der Waals surface area contributed by atoms with Gasteiger partial charge in [0.25, 0.3) is 5.91 Å². The highest BCUT2D eigenvalue weighted by Crippen LogP contribution is 2.58. The van der Waals surface area contributed by atoms with Crippen LogP contribution in [-0.4, -0.2) is 31.4 Å². The second-order valence-corrected chi connectivity index (χ2v) is 6.65. The SMILES string of the molecule is CCNC(=O)c1cccc(CNC(=O)C2CC23CCNCC3)c1. The number of carbonyl (C=O) groups is 2. The number of amides is 2. The first-order chi connectivity index (χ1) is 11.1. The van der Waals surface area contributed by atoms with Crippen LogP contribution in [0.4, 0.5) is 0 Å². The smallest absolute Gasteiger partial charge is 0.251 e. The summed E-state index contributed by atoms with van der Waals surface area (Å²) in [6.07, 6.45) is 3.25. The molecule has 0 bridgehead atoms. The van der Waals surface area contributed by atoms with E-state index in [0.29, 0.717) is 18.7 Å². The standard InChI is InChI=1S/C18H25N3O2/c1-2-20-16(22)14-5-3-4-13(10-14)12-21-17(23)15-11-18(15)6-8-19-9-7-18/h3-5,10,15,19H,2,6-9,11-12H2,1H3,(H,20,22)(H,21,23). The van der Waals surface area contributed by atoms with Crippen LogP contribution in [0, 0.1) is 11.3 Å². The molecule has 5 heteroatoms. The first-order valence-electron chi connectivity index (χ1n) is 8.50. The molecule has 2 aliphatic rings. The van der Waals surface area contributed by atoms with Crippen LogP contribution < -0.4 is 16.0 Å². The van der Waals surface area contributed by atoms with Gasteiger partial charge in [0.05, 0.1) is 0 Å². The second-order valence-electron chi connectivity index (χ2n) is 6.65. The molecule has 1 saturated carbocycles. The Bertz CT molecular complexity index is 594. The maximum Gasteiger partial charge on any atom is 0.251 e. The zero-order chi connectivity index (χ0) is 16.3. The number of benzene rings is 1. The van der Waals surface area contributed by atoms with Crippen LogP contribution >= 0.6 is 0 Å². The van der Waals surface area contributed by atoms with Crippen molar-refractivity contribution >= 4 is 11.8 Å². The Morgan fingerprint density at radius 2 is 2.04 bits per heavy atom. The lowest BCUT2D eigenvalue weighted by Crippen LogP contribution is -2.33. The average Bonchev–Trinajstić information content (AvgIpc) is 3.27. The van der Waals surface area contributed by atoms with Gasteiger partial charge in [-0.2, -0.15) is 0 Å². The molecule has 1 atom stereocenters. The van der Waals surface area contributed by atoms with Gasteiger partial charge in [-0.05, 0) is 62.4 Å². The third-order valence-electron chi connectivity index (χ3n) is 5.10. The Morgan fingerprint density at radius 3 is 2.78 bits per heavy atom. The predicted octanol–water partition coefficient (Wildman–Crippen LogP) is 1.44. The summed E-state index contributed by atoms with van der Waals surface area (Å²) < 4.78 is 0. The molecule has 1 aromatic rings. The molecular weight excluding hydrogens is 290 g/mol. The Hall–Kier alpha value is -1.88. The molecule has 1 heterocycles. The van der Waals surface area contributed by atoms with Gasteiger partial charge in [0.15, 0.2) is 0 Å². The molecule has 3 rings (SSSR count). The van der Waals surface area contributed by atoms with Gasteiger partial charge in [-0.25, -0.2) is 0 Å². The lowest BCUT2D eigenvalue weighted by molar-refractivity contribution is -0.123. The van der Waals surface area contributed by atoms with Crippen molar-refractivity contribution in [3.8, 4) is 0 Å². The number of nitrogens with one attached hydrogen (secondary N) is 3. The van der Waals surface area contributed by atoms with Crippen molar-refractivity contribution in [1.82, 2.24) is 16.0 Å². The molecule has 0 aromatic heterocycles. The molecule has 1 saturated heterocycles. The average molecular weight is 315 g/mol. The Labute approximate surface area is 137 Å². The maximum atomic E-state index is 12.4. The molecule has 1 aliphatic carbocycles. The summed E-state index contributed by atoms with van der Waals surface area (Å²) in [5.41, 5.74) is 1.86. The zero-order valence-electron chi connectivity index (χ0n) is 13.7. The molecule has 1 aromatic carbocycles. The lowest BCUT2D eigenvalue weighted by Gasteiger charge is -2.23. The summed E-state index contributed by atoms with van der Waals surface area (Å²) in [5, 5.41) is 9.18. The highest BCUT2D eigenvalue weighted by molar-refractivity contribution is 5.94. The number of rotatable bonds is 5. The van der Waals surface area contributed by atoms with Crippen LogP contribution in [-0.2, 0) is 11.3 Å². The topological polar surface area (TPSA) is 70.2 Å². The fraction of sp³-hybridized carbons (Fsp3) is 0.556. The van der Waals surface area contributed by atoms with Crippen molar-refractivity contribution < 1.29 is 9.59 Å². The van der Waals surface area contributed by atoms with E-state index in [0.717, 1.165) is 37.9 Å². The van der Waals surface area contributed by atoms with E-state index >= 15 is 0 Å². The van der Waals surface area contributed by atoms with E-state index in [1.807, 2.05) is 25.1 Å². The van der Waals surface area contributed by atoms with Crippen LogP contribution in [0.1, 0.15) is 42.1 Å². The fourth-order valence-electron chi connectivity index (χ4n) is 3.59. The van der Waals surface area contributed by atoms with E-state index in [1.54, 1.807) is 6.07 Å². The van der Waals surface area contributed by atoms with Crippen molar-refractivity contribution in [2.24, 2.45) is 11.3 Å². The van der Waals surface area contributed by atoms with Crippen LogP contribution in [0.3, 0.4) is 0 Å². The second kappa shape index (κ2) is 6.71. The van der Waals surface area contributed by atoms with Gasteiger partial charge >= 0.3 is 0 Å². The van der Waals surface area contributed by atoms with Crippen LogP contribution in [0.25, 0.3) is 0 Å². The molecule has 1 aliphatic heterocycles. The van der Waals surface area contributed by atoms with E-state index in [-0.39, 0.29) is 23.1 Å². The quantitative estimate of drug-likeness (QED) is 0.770. The minimum atomic E-state index is -0.0727. The lowest BCUT2D eigenvalue weighted by atomic mass is 9.92. The summed E-state index contributed by atoms with van der Waals surface area (Å²) in [6.45, 7) is 5.04. The first kappa shape index (κ1) is 16.0. The largest absolute Gasteiger partial charge is 0.352 e. The van der Waals surface area contributed by atoms with Crippen LogP contribution in [0.5, 0.6) is 0 Å². The van der Waals surface area contributed by atoms with E-state index < -0.39 is 0 Å². The third kappa shape index (κ3) is 3.55. The molecular formula is C18H25N3O2. The van der Waals surface area contributed by atoms with E-state index in [9.17, 15) is 9.59 Å². The van der Waals surface area contributed by atoms with E-state index in [2.05, 4.69) is 16.0 Å². The number of hydrogen-bond acceptors (Lipinski definition) is 3. The molecule has 2 fully saturated rings. The molecule has 5 nitrogen and oxygen atoms in total. The highest BCUT2D eigenvalue weighted by atomic mass is 16.2. The van der Waals surface area contributed by atoms with Crippen molar-refractivity contribution in [2.45, 2.75) is 32.7 Å². The van der Waals surface area contributed by atoms with Crippen molar-refractivity contribution in [3.63, 3.8) is 0 Å². The molecule has 3 N–H and O–H groups in total. The summed E-state index contributed by atoms with van der Waals surface area (Å²) >= 11 is 0. The van der Waals surface area contributed by atoms with Gasteiger partial charge in [-0.3, -0.25) is 9.59 Å². The van der Waals surface area contributed by atoms with Gasteiger partial charge in [0, 0.05) is 24.6 Å². The molecule has 124 valence electrons. The van der Waals surface area contributed by atoms with Crippen LogP contribution in [0.15, 0.2) is 24.3 Å². The van der Waals surface area contributed by atoms with Crippen molar-refractivity contribution in [3.05, 3.63) is 35.4 Å². The van der Waals surface area contributed by atoms with E-state index in [4.69, 9.17) is 0 Å². The van der Waals surface area contributed by atoms with Gasteiger partial charge in [0.1, 0.15) is 0 Å².